The molecule has 0 saturated carbocycles. The first-order valence-electron chi connectivity index (χ1n) is 11.2. The number of rotatable bonds is 8. The van der Waals surface area contributed by atoms with Gasteiger partial charge in [0.15, 0.2) is 0 Å². The van der Waals surface area contributed by atoms with Crippen LogP contribution >= 0.6 is 0 Å². The fourth-order valence-corrected chi connectivity index (χ4v) is 3.93. The molecule has 0 aliphatic carbocycles. The Morgan fingerprint density at radius 3 is 2.55 bits per heavy atom. The zero-order chi connectivity index (χ0) is 23.2. The van der Waals surface area contributed by atoms with Gasteiger partial charge < -0.3 is 15.2 Å². The number of hydrogen-bond donors (Lipinski definition) is 2. The fourth-order valence-electron chi connectivity index (χ4n) is 3.93. The van der Waals surface area contributed by atoms with Crippen molar-refractivity contribution in [2.75, 3.05) is 11.9 Å². The van der Waals surface area contributed by atoms with E-state index in [1.807, 2.05) is 91.2 Å². The smallest absolute Gasteiger partial charge is 0.251 e. The molecule has 1 heterocycles. The van der Waals surface area contributed by atoms with Crippen molar-refractivity contribution in [2.45, 2.75) is 33.2 Å². The maximum absolute atomic E-state index is 12.8. The number of benzene rings is 3. The lowest BCUT2D eigenvalue weighted by molar-refractivity contribution is -0.116. The van der Waals surface area contributed by atoms with Crippen molar-refractivity contribution in [3.8, 4) is 0 Å². The highest BCUT2D eigenvalue weighted by atomic mass is 16.2. The zero-order valence-electron chi connectivity index (χ0n) is 19.0. The predicted octanol–water partition coefficient (Wildman–Crippen LogP) is 4.65. The van der Waals surface area contributed by atoms with Crippen LogP contribution in [0, 0.1) is 13.8 Å². The molecule has 4 rings (SSSR count). The molecule has 0 radical (unpaired) electrons. The summed E-state index contributed by atoms with van der Waals surface area (Å²) >= 11 is 0. The van der Waals surface area contributed by atoms with E-state index < -0.39 is 0 Å². The molecule has 168 valence electrons. The van der Waals surface area contributed by atoms with E-state index in [0.29, 0.717) is 18.5 Å². The lowest BCUT2D eigenvalue weighted by atomic mass is 10.1. The van der Waals surface area contributed by atoms with E-state index >= 15 is 0 Å². The van der Waals surface area contributed by atoms with Crippen LogP contribution in [0.3, 0.4) is 0 Å². The van der Waals surface area contributed by atoms with Crippen molar-refractivity contribution >= 4 is 28.5 Å². The van der Waals surface area contributed by atoms with Crippen LogP contribution in [0.25, 0.3) is 11.0 Å². The number of hydrogen-bond acceptors (Lipinski definition) is 3. The van der Waals surface area contributed by atoms with Crippen LogP contribution in [-0.4, -0.2) is 27.9 Å². The fraction of sp³-hybridized carbons (Fsp3) is 0.222. The number of nitrogens with one attached hydrogen (secondary N) is 2. The molecule has 0 unspecified atom stereocenters. The monoisotopic (exact) mass is 440 g/mol. The van der Waals surface area contributed by atoms with Gasteiger partial charge in [0.25, 0.3) is 5.91 Å². The highest BCUT2D eigenvalue weighted by Crippen LogP contribution is 2.18. The Bertz CT molecular complexity index is 1290. The summed E-state index contributed by atoms with van der Waals surface area (Å²) in [6.45, 7) is 4.64. The van der Waals surface area contributed by atoms with Gasteiger partial charge in [0.1, 0.15) is 12.4 Å². The number of imidazole rings is 1. The SMILES string of the molecule is Cc1cccc(NC(=O)Cn2c(CCCNC(=O)c3ccccc3C)nc3ccccc32)c1. The largest absolute Gasteiger partial charge is 0.352 e. The highest BCUT2D eigenvalue weighted by molar-refractivity contribution is 5.95. The average molecular weight is 441 g/mol. The Labute approximate surface area is 193 Å². The topological polar surface area (TPSA) is 76.0 Å². The Morgan fingerprint density at radius 1 is 0.939 bits per heavy atom. The molecule has 0 saturated heterocycles. The lowest BCUT2D eigenvalue weighted by Crippen LogP contribution is -2.26. The standard InChI is InChI=1S/C27H28N4O2/c1-19-9-7-11-21(17-19)29-26(32)18-31-24-14-6-5-13-23(24)30-25(31)15-8-16-28-27(33)22-12-4-3-10-20(22)2/h3-7,9-14,17H,8,15-16,18H2,1-2H3,(H,28,33)(H,29,32). The van der Waals surface area contributed by atoms with Gasteiger partial charge in [0.05, 0.1) is 11.0 Å². The van der Waals surface area contributed by atoms with Gasteiger partial charge in [-0.2, -0.15) is 0 Å². The number of anilines is 1. The third-order valence-electron chi connectivity index (χ3n) is 5.59. The molecule has 2 amide bonds. The average Bonchev–Trinajstić information content (AvgIpc) is 3.14. The molecule has 0 atom stereocenters. The van der Waals surface area contributed by atoms with E-state index in [2.05, 4.69) is 10.6 Å². The number of carbonyl (C=O) groups excluding carboxylic acids is 2. The molecular weight excluding hydrogens is 412 g/mol. The second-order valence-electron chi connectivity index (χ2n) is 8.19. The number of fused-ring (bicyclic) bond motifs is 1. The van der Waals surface area contributed by atoms with Crippen molar-refractivity contribution in [3.63, 3.8) is 0 Å². The molecular formula is C27H28N4O2. The summed E-state index contributed by atoms with van der Waals surface area (Å²) in [7, 11) is 0. The molecule has 0 fully saturated rings. The maximum Gasteiger partial charge on any atom is 0.251 e. The van der Waals surface area contributed by atoms with E-state index in [-0.39, 0.29) is 18.4 Å². The van der Waals surface area contributed by atoms with E-state index in [1.54, 1.807) is 0 Å². The molecule has 4 aromatic rings. The number of nitrogens with zero attached hydrogens (tertiary/aromatic N) is 2. The molecule has 0 aliphatic heterocycles. The van der Waals surface area contributed by atoms with E-state index in [9.17, 15) is 9.59 Å². The summed E-state index contributed by atoms with van der Waals surface area (Å²) in [4.78, 5) is 30.0. The predicted molar refractivity (Wildman–Crippen MR) is 131 cm³/mol. The molecule has 0 spiro atoms. The first-order chi connectivity index (χ1) is 16.0. The normalized spacial score (nSPS) is 10.8. The summed E-state index contributed by atoms with van der Waals surface area (Å²) in [6.07, 6.45) is 1.38. The zero-order valence-corrected chi connectivity index (χ0v) is 19.0. The van der Waals surface area contributed by atoms with Crippen molar-refractivity contribution in [2.24, 2.45) is 0 Å². The third kappa shape index (κ3) is 5.47. The Hall–Kier alpha value is -3.93. The van der Waals surface area contributed by atoms with Crippen LogP contribution in [0.5, 0.6) is 0 Å². The summed E-state index contributed by atoms with van der Waals surface area (Å²) in [5, 5.41) is 5.96. The lowest BCUT2D eigenvalue weighted by Gasteiger charge is -2.11. The van der Waals surface area contributed by atoms with Gasteiger partial charge in [0.2, 0.25) is 5.91 Å². The third-order valence-corrected chi connectivity index (χ3v) is 5.59. The molecule has 0 aliphatic rings. The molecule has 6 nitrogen and oxygen atoms in total. The van der Waals surface area contributed by atoms with Gasteiger partial charge >= 0.3 is 0 Å². The van der Waals surface area contributed by atoms with Crippen molar-refractivity contribution in [3.05, 3.63) is 95.3 Å². The van der Waals surface area contributed by atoms with Crippen molar-refractivity contribution < 1.29 is 9.59 Å². The minimum absolute atomic E-state index is 0.0702. The van der Waals surface area contributed by atoms with Gasteiger partial charge in [-0.3, -0.25) is 9.59 Å². The van der Waals surface area contributed by atoms with Gasteiger partial charge in [-0.1, -0.05) is 42.5 Å². The maximum atomic E-state index is 12.8. The first-order valence-corrected chi connectivity index (χ1v) is 11.2. The number of carbonyl (C=O) groups is 2. The van der Waals surface area contributed by atoms with Crippen LogP contribution in [0.4, 0.5) is 5.69 Å². The highest BCUT2D eigenvalue weighted by Gasteiger charge is 2.14. The van der Waals surface area contributed by atoms with Crippen LogP contribution in [0.2, 0.25) is 0 Å². The Morgan fingerprint density at radius 2 is 1.73 bits per heavy atom. The minimum Gasteiger partial charge on any atom is -0.352 e. The van der Waals surface area contributed by atoms with Crippen LogP contribution in [0.1, 0.15) is 33.7 Å². The molecule has 1 aromatic heterocycles. The number of para-hydroxylation sites is 2. The number of amides is 2. The summed E-state index contributed by atoms with van der Waals surface area (Å²) < 4.78 is 1.96. The minimum atomic E-state index is -0.0992. The van der Waals surface area contributed by atoms with Gasteiger partial charge in [-0.25, -0.2) is 4.98 Å². The summed E-state index contributed by atoms with van der Waals surface area (Å²) in [5.41, 5.74) is 5.31. The molecule has 3 aromatic carbocycles. The molecule has 0 bridgehead atoms. The number of aromatic nitrogens is 2. The van der Waals surface area contributed by atoms with Crippen molar-refractivity contribution in [1.29, 1.82) is 0 Å². The Balaban J connectivity index is 1.42. The quantitative estimate of drug-likeness (QED) is 0.392. The molecule has 2 N–H and O–H groups in total. The van der Waals surface area contributed by atoms with Crippen molar-refractivity contribution in [1.82, 2.24) is 14.9 Å². The van der Waals surface area contributed by atoms with E-state index in [4.69, 9.17) is 4.98 Å². The molecule has 6 heteroatoms. The number of aryl methyl sites for hydroxylation is 3. The van der Waals surface area contributed by atoms with Crippen LogP contribution < -0.4 is 10.6 Å². The second-order valence-corrected chi connectivity index (χ2v) is 8.19. The van der Waals surface area contributed by atoms with E-state index in [0.717, 1.165) is 40.1 Å². The van der Waals surface area contributed by atoms with Gasteiger partial charge in [-0.15, -0.1) is 0 Å². The van der Waals surface area contributed by atoms with Crippen LogP contribution in [0.15, 0.2) is 72.8 Å². The van der Waals surface area contributed by atoms with Gasteiger partial charge in [0, 0.05) is 24.2 Å². The van der Waals surface area contributed by atoms with Crippen LogP contribution in [-0.2, 0) is 17.8 Å². The van der Waals surface area contributed by atoms with Gasteiger partial charge in [-0.05, 0) is 61.7 Å². The van der Waals surface area contributed by atoms with E-state index in [1.165, 1.54) is 0 Å². The summed E-state index contributed by atoms with van der Waals surface area (Å²) in [6, 6.07) is 23.1. The summed E-state index contributed by atoms with van der Waals surface area (Å²) in [5.74, 6) is 0.665. The molecule has 33 heavy (non-hydrogen) atoms. The first kappa shape index (κ1) is 22.3. The Kier molecular flexibility index (Phi) is 6.83. The second kappa shape index (κ2) is 10.1.